The minimum absolute atomic E-state index is 0.00834. The van der Waals surface area contributed by atoms with Crippen LogP contribution in [-0.4, -0.2) is 22.2 Å². The van der Waals surface area contributed by atoms with Gasteiger partial charge in [0.15, 0.2) is 12.3 Å². The third-order valence-electron chi connectivity index (χ3n) is 3.66. The van der Waals surface area contributed by atoms with Crippen LogP contribution in [0.1, 0.15) is 21.5 Å². The second kappa shape index (κ2) is 8.78. The maximum absolute atomic E-state index is 12.4. The number of carbonyl (C=O) groups is 1. The third kappa shape index (κ3) is 4.11. The maximum Gasteiger partial charge on any atom is 0.341 e. The van der Waals surface area contributed by atoms with Crippen LogP contribution in [0.4, 0.5) is 11.4 Å². The molecular formula is C17H11Br2N5O4. The van der Waals surface area contributed by atoms with Gasteiger partial charge in [-0.2, -0.15) is 10.5 Å². The second-order valence-corrected chi connectivity index (χ2v) is 7.14. The number of nitriles is 2. The Morgan fingerprint density at radius 1 is 1.29 bits per heavy atom. The lowest BCUT2D eigenvalue weighted by molar-refractivity contribution is 0.0555. The quantitative estimate of drug-likeness (QED) is 0.490. The molecule has 0 fully saturated rings. The summed E-state index contributed by atoms with van der Waals surface area (Å²) in [7, 11) is 1.29. The molecule has 1 aromatic carbocycles. The van der Waals surface area contributed by atoms with Crippen molar-refractivity contribution < 1.29 is 14.6 Å². The predicted octanol–water partition coefficient (Wildman–Crippen LogP) is 3.89. The highest BCUT2D eigenvalue weighted by molar-refractivity contribution is 9.11. The summed E-state index contributed by atoms with van der Waals surface area (Å²) in [6.07, 6.45) is 0. The Morgan fingerprint density at radius 3 is 2.54 bits per heavy atom. The van der Waals surface area contributed by atoms with Crippen molar-refractivity contribution in [3.63, 3.8) is 0 Å². The molecule has 0 saturated heterocycles. The van der Waals surface area contributed by atoms with Crippen LogP contribution < -0.4 is 5.56 Å². The van der Waals surface area contributed by atoms with Gasteiger partial charge in [0.05, 0.1) is 5.56 Å². The van der Waals surface area contributed by atoms with Crippen molar-refractivity contribution in [3.05, 3.63) is 48.1 Å². The van der Waals surface area contributed by atoms with Gasteiger partial charge in [-0.1, -0.05) is 15.9 Å². The third-order valence-corrected chi connectivity index (χ3v) is 4.72. The molecule has 1 heterocycles. The monoisotopic (exact) mass is 507 g/mol. The molecule has 142 valence electrons. The van der Waals surface area contributed by atoms with Crippen molar-refractivity contribution in [3.8, 4) is 18.0 Å². The Hall–Kier alpha value is -3.02. The van der Waals surface area contributed by atoms with E-state index >= 15 is 0 Å². The molecule has 2 aromatic rings. The lowest BCUT2D eigenvalue weighted by atomic mass is 10.1. The van der Waals surface area contributed by atoms with Crippen molar-refractivity contribution in [2.45, 2.75) is 6.92 Å². The van der Waals surface area contributed by atoms with Crippen molar-refractivity contribution in [1.29, 1.82) is 10.5 Å². The number of rotatable bonds is 4. The largest absolute Gasteiger partial charge is 0.493 e. The lowest BCUT2D eigenvalue weighted by Gasteiger charge is -2.09. The molecule has 0 atom stereocenters. The SMILES string of the molecule is Cc1c(C#N)c(O)n(C)c(=O)c1N=Nc1c(Br)cc(Br)cc1C(=O)OCC#N. The van der Waals surface area contributed by atoms with E-state index in [1.54, 1.807) is 12.1 Å². The van der Waals surface area contributed by atoms with Crippen LogP contribution in [0.3, 0.4) is 0 Å². The fourth-order valence-corrected chi connectivity index (χ4v) is 3.52. The second-order valence-electron chi connectivity index (χ2n) is 5.37. The fourth-order valence-electron chi connectivity index (χ4n) is 2.22. The summed E-state index contributed by atoms with van der Waals surface area (Å²) in [5, 5.41) is 35.6. The normalized spacial score (nSPS) is 10.5. The number of benzene rings is 1. The summed E-state index contributed by atoms with van der Waals surface area (Å²) in [6.45, 7) is 1.01. The van der Waals surface area contributed by atoms with Gasteiger partial charge in [0.25, 0.3) is 5.56 Å². The van der Waals surface area contributed by atoms with Crippen molar-refractivity contribution in [2.24, 2.45) is 17.3 Å². The minimum Gasteiger partial charge on any atom is -0.493 e. The van der Waals surface area contributed by atoms with Crippen molar-refractivity contribution >= 4 is 49.2 Å². The predicted molar refractivity (Wildman–Crippen MR) is 105 cm³/mol. The van der Waals surface area contributed by atoms with Crippen molar-refractivity contribution in [1.82, 2.24) is 4.57 Å². The Labute approximate surface area is 175 Å². The van der Waals surface area contributed by atoms with Crippen molar-refractivity contribution in [2.75, 3.05) is 6.61 Å². The average Bonchev–Trinajstić information content (AvgIpc) is 2.65. The van der Waals surface area contributed by atoms with E-state index in [-0.39, 0.29) is 28.1 Å². The molecule has 1 N–H and O–H groups in total. The maximum atomic E-state index is 12.4. The van der Waals surface area contributed by atoms with Gasteiger partial charge in [-0.25, -0.2) is 4.79 Å². The van der Waals surface area contributed by atoms with Gasteiger partial charge in [0.1, 0.15) is 23.4 Å². The molecule has 9 nitrogen and oxygen atoms in total. The summed E-state index contributed by atoms with van der Waals surface area (Å²) in [5.41, 5.74) is -0.718. The number of aromatic hydroxyl groups is 1. The molecule has 28 heavy (non-hydrogen) atoms. The van der Waals surface area contributed by atoms with E-state index in [0.29, 0.717) is 8.95 Å². The van der Waals surface area contributed by atoms with Gasteiger partial charge in [0.2, 0.25) is 5.88 Å². The van der Waals surface area contributed by atoms with Crippen LogP contribution in [0.25, 0.3) is 0 Å². The van der Waals surface area contributed by atoms with Crippen LogP contribution in [0.15, 0.2) is 36.1 Å². The zero-order valence-electron chi connectivity index (χ0n) is 14.5. The zero-order valence-corrected chi connectivity index (χ0v) is 17.7. The fraction of sp³-hybridized carbons (Fsp3) is 0.176. The Balaban J connectivity index is 2.65. The number of hydrogen-bond donors (Lipinski definition) is 1. The Morgan fingerprint density at radius 2 is 1.93 bits per heavy atom. The standard InChI is InChI=1S/C17H11Br2N5O4/c1-8-11(7-21)15(25)24(2)16(26)13(8)22-23-14-10(17(27)28-4-3-20)5-9(18)6-12(14)19/h5-6,25H,4H2,1-2H3. The molecule has 0 aliphatic heterocycles. The number of carbonyl (C=O) groups excluding carboxylic acids is 1. The number of azo groups is 1. The van der Waals surface area contributed by atoms with Gasteiger partial charge < -0.3 is 9.84 Å². The Bertz CT molecular complexity index is 1140. The summed E-state index contributed by atoms with van der Waals surface area (Å²) < 4.78 is 6.61. The molecule has 0 unspecified atom stereocenters. The molecule has 2 rings (SSSR count). The van der Waals surface area contributed by atoms with Gasteiger partial charge in [-0.3, -0.25) is 9.36 Å². The molecule has 1 aromatic heterocycles. The van der Waals surface area contributed by atoms with E-state index in [0.717, 1.165) is 4.57 Å². The van der Waals surface area contributed by atoms with E-state index in [1.165, 1.54) is 20.0 Å². The number of ether oxygens (including phenoxy) is 1. The molecule has 0 aliphatic carbocycles. The van der Waals surface area contributed by atoms with E-state index in [9.17, 15) is 20.0 Å². The summed E-state index contributed by atoms with van der Waals surface area (Å²) in [6, 6.07) is 6.55. The molecule has 0 aliphatic rings. The minimum atomic E-state index is -0.800. The lowest BCUT2D eigenvalue weighted by Crippen LogP contribution is -2.18. The van der Waals surface area contributed by atoms with Crippen LogP contribution in [0.5, 0.6) is 5.88 Å². The highest BCUT2D eigenvalue weighted by Crippen LogP contribution is 2.35. The summed E-state index contributed by atoms with van der Waals surface area (Å²) in [4.78, 5) is 24.6. The van der Waals surface area contributed by atoms with E-state index in [2.05, 4.69) is 42.1 Å². The number of aromatic nitrogens is 1. The topological polar surface area (TPSA) is 141 Å². The number of hydrogen-bond acceptors (Lipinski definition) is 8. The van der Waals surface area contributed by atoms with Crippen LogP contribution in [0, 0.1) is 29.6 Å². The zero-order chi connectivity index (χ0) is 21.0. The van der Waals surface area contributed by atoms with E-state index < -0.39 is 24.0 Å². The van der Waals surface area contributed by atoms with Crippen LogP contribution in [-0.2, 0) is 11.8 Å². The summed E-state index contributed by atoms with van der Waals surface area (Å²) >= 11 is 6.51. The van der Waals surface area contributed by atoms with E-state index in [4.69, 9.17) is 10.00 Å². The van der Waals surface area contributed by atoms with Crippen LogP contribution in [0.2, 0.25) is 0 Å². The van der Waals surface area contributed by atoms with Gasteiger partial charge in [-0.15, -0.1) is 10.2 Å². The first-order valence-corrected chi connectivity index (χ1v) is 9.09. The first kappa shape index (κ1) is 21.3. The molecule has 11 heteroatoms. The number of nitrogens with zero attached hydrogens (tertiary/aromatic N) is 5. The Kier molecular flexibility index (Phi) is 6.67. The number of esters is 1. The first-order chi connectivity index (χ1) is 13.2. The highest BCUT2D eigenvalue weighted by Gasteiger charge is 2.20. The van der Waals surface area contributed by atoms with Gasteiger partial charge in [0, 0.05) is 21.6 Å². The van der Waals surface area contributed by atoms with Gasteiger partial charge >= 0.3 is 5.97 Å². The van der Waals surface area contributed by atoms with E-state index in [1.807, 2.05) is 6.07 Å². The molecular weight excluding hydrogens is 498 g/mol. The molecule has 0 bridgehead atoms. The molecule has 0 amide bonds. The first-order valence-electron chi connectivity index (χ1n) is 7.50. The molecule has 0 saturated carbocycles. The average molecular weight is 509 g/mol. The van der Waals surface area contributed by atoms with Crippen LogP contribution >= 0.6 is 31.9 Å². The number of halogens is 2. The highest BCUT2D eigenvalue weighted by atomic mass is 79.9. The smallest absolute Gasteiger partial charge is 0.341 e. The summed E-state index contributed by atoms with van der Waals surface area (Å²) in [5.74, 6) is -1.28. The molecule has 0 spiro atoms. The molecule has 0 radical (unpaired) electrons. The van der Waals surface area contributed by atoms with Gasteiger partial charge in [-0.05, 0) is 35.0 Å². The number of pyridine rings is 1.